The Balaban J connectivity index is 1.53. The van der Waals surface area contributed by atoms with Gasteiger partial charge in [-0.25, -0.2) is 0 Å². The highest BCUT2D eigenvalue weighted by Crippen LogP contribution is 2.26. The van der Waals surface area contributed by atoms with Gasteiger partial charge in [-0.1, -0.05) is 0 Å². The Morgan fingerprint density at radius 1 is 1.08 bits per heavy atom. The van der Waals surface area contributed by atoms with Gasteiger partial charge in [0, 0.05) is 39.1 Å². The molecule has 0 spiro atoms. The van der Waals surface area contributed by atoms with Crippen molar-refractivity contribution < 1.29 is 14.9 Å². The Hall–Kier alpha value is -1.06. The second-order valence-corrected chi connectivity index (χ2v) is 7.52. The zero-order valence-corrected chi connectivity index (χ0v) is 15.9. The van der Waals surface area contributed by atoms with Gasteiger partial charge in [0.2, 0.25) is 0 Å². The fourth-order valence-corrected chi connectivity index (χ4v) is 3.98. The lowest BCUT2D eigenvalue weighted by molar-refractivity contribution is 0.0666. The molecule has 8 heteroatoms. The van der Waals surface area contributed by atoms with Crippen molar-refractivity contribution in [3.8, 4) is 0 Å². The first kappa shape index (κ1) is 19.7. The molecule has 1 aromatic rings. The lowest BCUT2D eigenvalue weighted by atomic mass is 9.97. The molecule has 0 unspecified atom stereocenters. The Morgan fingerprint density at radius 2 is 1.88 bits per heavy atom. The van der Waals surface area contributed by atoms with Crippen molar-refractivity contribution in [2.75, 3.05) is 52.5 Å². The summed E-state index contributed by atoms with van der Waals surface area (Å²) >= 11 is 0. The first-order valence-corrected chi connectivity index (χ1v) is 9.87. The van der Waals surface area contributed by atoms with Crippen molar-refractivity contribution in [2.45, 2.75) is 44.2 Å². The van der Waals surface area contributed by atoms with E-state index in [0.29, 0.717) is 19.1 Å². The second-order valence-electron chi connectivity index (χ2n) is 7.52. The molecule has 2 N–H and O–H groups in total. The van der Waals surface area contributed by atoms with Gasteiger partial charge >= 0.3 is 0 Å². The molecule has 8 nitrogen and oxygen atoms in total. The Morgan fingerprint density at radius 3 is 2.65 bits per heavy atom. The van der Waals surface area contributed by atoms with Crippen LogP contribution in [-0.2, 0) is 18.3 Å². The number of nitrogens with zero attached hydrogens (tertiary/aromatic N) is 5. The number of aliphatic hydroxyl groups excluding tert-OH is 2. The molecular weight excluding hydrogens is 334 g/mol. The van der Waals surface area contributed by atoms with Gasteiger partial charge < -0.3 is 24.4 Å². The highest BCUT2D eigenvalue weighted by Gasteiger charge is 2.26. The summed E-state index contributed by atoms with van der Waals surface area (Å²) in [6.45, 7) is 6.81. The summed E-state index contributed by atoms with van der Waals surface area (Å²) in [6.07, 6.45) is 3.87. The number of ether oxygens (including phenoxy) is 1. The largest absolute Gasteiger partial charge is 0.394 e. The van der Waals surface area contributed by atoms with Crippen LogP contribution in [0.2, 0.25) is 0 Å². The molecule has 0 bridgehead atoms. The first-order chi connectivity index (χ1) is 12.7. The van der Waals surface area contributed by atoms with Crippen LogP contribution in [0.1, 0.15) is 43.3 Å². The molecule has 1 aromatic heterocycles. The number of rotatable bonds is 8. The Labute approximate surface area is 155 Å². The van der Waals surface area contributed by atoms with Gasteiger partial charge in [-0.2, -0.15) is 0 Å². The molecule has 0 aliphatic carbocycles. The Bertz CT molecular complexity index is 545. The van der Waals surface area contributed by atoms with Gasteiger partial charge in [-0.3, -0.25) is 4.90 Å². The van der Waals surface area contributed by atoms with E-state index in [1.165, 1.54) is 0 Å². The Kier molecular flexibility index (Phi) is 7.39. The van der Waals surface area contributed by atoms with E-state index in [0.717, 1.165) is 76.6 Å². The van der Waals surface area contributed by atoms with Crippen molar-refractivity contribution >= 4 is 0 Å². The van der Waals surface area contributed by atoms with Crippen LogP contribution in [0, 0.1) is 0 Å². The lowest BCUT2D eigenvalue weighted by Gasteiger charge is -2.32. The lowest BCUT2D eigenvalue weighted by Crippen LogP contribution is -2.38. The van der Waals surface area contributed by atoms with E-state index in [1.54, 1.807) is 0 Å². The second kappa shape index (κ2) is 9.75. The van der Waals surface area contributed by atoms with Gasteiger partial charge in [0.05, 0.1) is 32.5 Å². The molecule has 2 fully saturated rings. The normalized spacial score (nSPS) is 23.6. The maximum absolute atomic E-state index is 9.65. The zero-order valence-electron chi connectivity index (χ0n) is 15.9. The van der Waals surface area contributed by atoms with E-state index in [1.807, 2.05) is 0 Å². The summed E-state index contributed by atoms with van der Waals surface area (Å²) in [5, 5.41) is 27.4. The average molecular weight is 367 g/mol. The van der Waals surface area contributed by atoms with E-state index in [4.69, 9.17) is 9.84 Å². The minimum absolute atomic E-state index is 0.0837. The molecule has 148 valence electrons. The highest BCUT2D eigenvalue weighted by molar-refractivity contribution is 5.04. The molecule has 3 rings (SSSR count). The molecule has 0 saturated carbocycles. The number of piperidine rings is 2. The van der Waals surface area contributed by atoms with Crippen LogP contribution < -0.4 is 0 Å². The van der Waals surface area contributed by atoms with Crippen molar-refractivity contribution in [1.82, 2.24) is 24.6 Å². The van der Waals surface area contributed by atoms with Crippen LogP contribution in [0.4, 0.5) is 0 Å². The third-order valence-electron chi connectivity index (χ3n) is 5.58. The molecule has 3 heterocycles. The van der Waals surface area contributed by atoms with Crippen LogP contribution in [0.25, 0.3) is 0 Å². The summed E-state index contributed by atoms with van der Waals surface area (Å²) in [6, 6.07) is 0. The third-order valence-corrected chi connectivity index (χ3v) is 5.58. The number of hydrogen-bond donors (Lipinski definition) is 2. The van der Waals surface area contributed by atoms with Gasteiger partial charge in [0.15, 0.2) is 0 Å². The molecule has 26 heavy (non-hydrogen) atoms. The predicted molar refractivity (Wildman–Crippen MR) is 97.8 cm³/mol. The summed E-state index contributed by atoms with van der Waals surface area (Å²) in [4.78, 5) is 4.78. The van der Waals surface area contributed by atoms with Crippen molar-refractivity contribution in [3.63, 3.8) is 0 Å². The summed E-state index contributed by atoms with van der Waals surface area (Å²) in [5.74, 6) is 2.51. The standard InChI is InChI=1S/C18H33N5O3/c1-21-17(14-23-7-4-16(25)5-8-23)19-20-18(21)15-3-2-6-22(13-15)9-11-26-12-10-24/h15-16,24-25H,2-14H2,1H3/t15-/m1/s1. The van der Waals surface area contributed by atoms with Gasteiger partial charge in [-0.05, 0) is 32.2 Å². The topological polar surface area (TPSA) is 86.9 Å². The quantitative estimate of drug-likeness (QED) is 0.624. The minimum Gasteiger partial charge on any atom is -0.394 e. The number of aromatic nitrogens is 3. The van der Waals surface area contributed by atoms with Crippen LogP contribution >= 0.6 is 0 Å². The fourth-order valence-electron chi connectivity index (χ4n) is 3.98. The summed E-state index contributed by atoms with van der Waals surface area (Å²) < 4.78 is 7.57. The maximum atomic E-state index is 9.65. The predicted octanol–water partition coefficient (Wildman–Crippen LogP) is -0.0399. The van der Waals surface area contributed by atoms with Crippen molar-refractivity contribution in [3.05, 3.63) is 11.6 Å². The van der Waals surface area contributed by atoms with Crippen LogP contribution in [0.3, 0.4) is 0 Å². The molecule has 1 atom stereocenters. The van der Waals surface area contributed by atoms with E-state index in [2.05, 4.69) is 31.6 Å². The molecule has 2 saturated heterocycles. The molecule has 0 aromatic carbocycles. The van der Waals surface area contributed by atoms with Gasteiger partial charge in [0.1, 0.15) is 11.6 Å². The summed E-state index contributed by atoms with van der Waals surface area (Å²) in [5.41, 5.74) is 0. The van der Waals surface area contributed by atoms with Crippen LogP contribution in [-0.4, -0.2) is 93.4 Å². The van der Waals surface area contributed by atoms with Gasteiger partial charge in [-0.15, -0.1) is 10.2 Å². The van der Waals surface area contributed by atoms with Crippen LogP contribution in [0.15, 0.2) is 0 Å². The van der Waals surface area contributed by atoms with E-state index in [-0.39, 0.29) is 12.7 Å². The number of likely N-dealkylation sites (tertiary alicyclic amines) is 2. The monoisotopic (exact) mass is 367 g/mol. The fraction of sp³-hybridized carbons (Fsp3) is 0.889. The highest BCUT2D eigenvalue weighted by atomic mass is 16.5. The minimum atomic E-state index is -0.143. The zero-order chi connectivity index (χ0) is 18.4. The van der Waals surface area contributed by atoms with E-state index < -0.39 is 0 Å². The van der Waals surface area contributed by atoms with Crippen molar-refractivity contribution in [2.24, 2.45) is 7.05 Å². The third kappa shape index (κ3) is 5.23. The maximum Gasteiger partial charge on any atom is 0.146 e. The van der Waals surface area contributed by atoms with E-state index in [9.17, 15) is 5.11 Å². The van der Waals surface area contributed by atoms with Gasteiger partial charge in [0.25, 0.3) is 0 Å². The molecule has 0 radical (unpaired) electrons. The van der Waals surface area contributed by atoms with Crippen molar-refractivity contribution in [1.29, 1.82) is 0 Å². The smallest absolute Gasteiger partial charge is 0.146 e. The molecule has 0 amide bonds. The first-order valence-electron chi connectivity index (χ1n) is 9.87. The SMILES string of the molecule is Cn1c(CN2CCC(O)CC2)nnc1[C@@H]1CCCN(CCOCCO)C1. The molecular formula is C18H33N5O3. The van der Waals surface area contributed by atoms with E-state index >= 15 is 0 Å². The summed E-state index contributed by atoms with van der Waals surface area (Å²) in [7, 11) is 2.08. The van der Waals surface area contributed by atoms with Crippen LogP contribution in [0.5, 0.6) is 0 Å². The number of hydrogen-bond acceptors (Lipinski definition) is 7. The number of aliphatic hydroxyl groups is 2. The molecule has 2 aliphatic heterocycles. The average Bonchev–Trinajstić information content (AvgIpc) is 3.01. The molecule has 2 aliphatic rings.